The monoisotopic (exact) mass is 151 g/mol. The predicted octanol–water partition coefficient (Wildman–Crippen LogP) is 0.108. The van der Waals surface area contributed by atoms with E-state index in [1.54, 1.807) is 0 Å². The summed E-state index contributed by atoms with van der Waals surface area (Å²) in [5.41, 5.74) is 0. The van der Waals surface area contributed by atoms with E-state index in [1.165, 1.54) is 7.11 Å². The molecule has 0 aromatic carbocycles. The minimum Gasteiger partial charge on any atom is -0.453 e. The third kappa shape index (κ3) is 5.10. The first-order valence-corrected chi connectivity index (χ1v) is 2.54. The Morgan fingerprint density at radius 2 is 2.22 bits per heavy atom. The number of carbonyl (C=O) groups is 2. The summed E-state index contributed by atoms with van der Waals surface area (Å²) >= 11 is 4.87. The first kappa shape index (κ1) is 8.23. The molecule has 0 saturated carbocycles. The number of carbonyl (C=O) groups excluding carboxylic acids is 2. The lowest BCUT2D eigenvalue weighted by Gasteiger charge is -1.96. The summed E-state index contributed by atoms with van der Waals surface area (Å²) in [6.45, 7) is -0.200. The van der Waals surface area contributed by atoms with Crippen molar-refractivity contribution in [3.8, 4) is 0 Å². The Labute approximate surface area is 57.1 Å². The van der Waals surface area contributed by atoms with Gasteiger partial charge in [0.2, 0.25) is 5.24 Å². The zero-order chi connectivity index (χ0) is 7.28. The van der Waals surface area contributed by atoms with Gasteiger partial charge in [-0.1, -0.05) is 0 Å². The van der Waals surface area contributed by atoms with Crippen molar-refractivity contribution in [2.45, 2.75) is 0 Å². The molecule has 0 heterocycles. The Balaban J connectivity index is 3.28. The minimum atomic E-state index is -0.663. The molecule has 0 aliphatic heterocycles. The third-order valence-corrected chi connectivity index (χ3v) is 0.691. The summed E-state index contributed by atoms with van der Waals surface area (Å²) in [7, 11) is 1.20. The molecule has 4 nitrogen and oxygen atoms in total. The van der Waals surface area contributed by atoms with Crippen LogP contribution in [-0.4, -0.2) is 25.0 Å². The van der Waals surface area contributed by atoms with Crippen LogP contribution in [0.4, 0.5) is 4.79 Å². The van der Waals surface area contributed by atoms with Gasteiger partial charge < -0.3 is 10.1 Å². The molecule has 0 aliphatic rings. The van der Waals surface area contributed by atoms with E-state index in [2.05, 4.69) is 10.1 Å². The highest BCUT2D eigenvalue weighted by molar-refractivity contribution is 6.64. The van der Waals surface area contributed by atoms with Crippen molar-refractivity contribution in [3.63, 3.8) is 0 Å². The van der Waals surface area contributed by atoms with Crippen molar-refractivity contribution in [3.05, 3.63) is 0 Å². The van der Waals surface area contributed by atoms with Crippen LogP contribution in [0.15, 0.2) is 0 Å². The average molecular weight is 152 g/mol. The standard InChI is InChI=1S/C4H6ClNO3/c1-9-4(8)6-2-3(5)7/h2H2,1H3,(H,6,8). The van der Waals surface area contributed by atoms with Gasteiger partial charge in [0.15, 0.2) is 0 Å². The number of methoxy groups -OCH3 is 1. The van der Waals surface area contributed by atoms with E-state index in [0.717, 1.165) is 0 Å². The van der Waals surface area contributed by atoms with E-state index >= 15 is 0 Å². The second kappa shape index (κ2) is 4.14. The molecule has 52 valence electrons. The van der Waals surface area contributed by atoms with Crippen LogP contribution >= 0.6 is 11.6 Å². The highest BCUT2D eigenvalue weighted by Crippen LogP contribution is 1.76. The fourth-order valence-corrected chi connectivity index (χ4v) is 0.281. The summed E-state index contributed by atoms with van der Waals surface area (Å²) in [5.74, 6) is 0. The molecule has 5 heteroatoms. The Kier molecular flexibility index (Phi) is 3.79. The van der Waals surface area contributed by atoms with Crippen molar-refractivity contribution in [2.75, 3.05) is 13.7 Å². The molecule has 0 aliphatic carbocycles. The van der Waals surface area contributed by atoms with Gasteiger partial charge in [0.1, 0.15) is 0 Å². The summed E-state index contributed by atoms with van der Waals surface area (Å²) in [6.07, 6.45) is -0.663. The van der Waals surface area contributed by atoms with E-state index < -0.39 is 11.3 Å². The van der Waals surface area contributed by atoms with Crippen LogP contribution in [0.25, 0.3) is 0 Å². The molecular formula is C4H6ClNO3. The van der Waals surface area contributed by atoms with Crippen LogP contribution in [0.3, 0.4) is 0 Å². The molecule has 0 radical (unpaired) electrons. The first-order valence-electron chi connectivity index (χ1n) is 2.17. The molecule has 0 atom stereocenters. The van der Waals surface area contributed by atoms with Gasteiger partial charge in [-0.3, -0.25) is 4.79 Å². The summed E-state index contributed by atoms with van der Waals surface area (Å²) in [5, 5.41) is 1.46. The minimum absolute atomic E-state index is 0.200. The SMILES string of the molecule is COC(=O)NCC(=O)Cl. The number of ether oxygens (including phenoxy) is 1. The maximum atomic E-state index is 10.2. The highest BCUT2D eigenvalue weighted by Gasteiger charge is 1.99. The number of hydrogen-bond acceptors (Lipinski definition) is 3. The number of halogens is 1. The molecule has 1 N–H and O–H groups in total. The van der Waals surface area contributed by atoms with Crippen LogP contribution in [0.2, 0.25) is 0 Å². The van der Waals surface area contributed by atoms with Crippen molar-refractivity contribution < 1.29 is 14.3 Å². The van der Waals surface area contributed by atoms with Gasteiger partial charge in [0.05, 0.1) is 13.7 Å². The smallest absolute Gasteiger partial charge is 0.407 e. The number of alkyl carbamates (subject to hydrolysis) is 1. The van der Waals surface area contributed by atoms with Gasteiger partial charge in [-0.05, 0) is 11.6 Å². The van der Waals surface area contributed by atoms with Crippen LogP contribution in [-0.2, 0) is 9.53 Å². The van der Waals surface area contributed by atoms with Crippen LogP contribution in [0.5, 0.6) is 0 Å². The first-order chi connectivity index (χ1) is 4.16. The van der Waals surface area contributed by atoms with E-state index in [0.29, 0.717) is 0 Å². The molecule has 0 aromatic heterocycles. The molecule has 0 bridgehead atoms. The van der Waals surface area contributed by atoms with Crippen LogP contribution in [0.1, 0.15) is 0 Å². The normalized spacial score (nSPS) is 8.22. The molecule has 0 unspecified atom stereocenters. The Morgan fingerprint density at radius 1 is 1.67 bits per heavy atom. The van der Waals surface area contributed by atoms with Crippen LogP contribution in [0, 0.1) is 0 Å². The second-order valence-electron chi connectivity index (χ2n) is 1.20. The van der Waals surface area contributed by atoms with E-state index in [4.69, 9.17) is 11.6 Å². The van der Waals surface area contributed by atoms with Crippen molar-refractivity contribution in [1.29, 1.82) is 0 Å². The Morgan fingerprint density at radius 3 is 2.56 bits per heavy atom. The van der Waals surface area contributed by atoms with E-state index in [9.17, 15) is 9.59 Å². The summed E-state index contributed by atoms with van der Waals surface area (Å²) in [6, 6.07) is 0. The Bertz CT molecular complexity index is 125. The van der Waals surface area contributed by atoms with Gasteiger partial charge in [-0.25, -0.2) is 4.79 Å². The van der Waals surface area contributed by atoms with E-state index in [1.807, 2.05) is 0 Å². The topological polar surface area (TPSA) is 55.4 Å². The molecule has 0 rings (SSSR count). The third-order valence-electron chi connectivity index (χ3n) is 0.557. The molecule has 1 amide bonds. The van der Waals surface area contributed by atoms with Crippen molar-refractivity contribution in [1.82, 2.24) is 5.32 Å². The fourth-order valence-electron chi connectivity index (χ4n) is 0.214. The lowest BCUT2D eigenvalue weighted by molar-refractivity contribution is -0.110. The van der Waals surface area contributed by atoms with Gasteiger partial charge >= 0.3 is 6.09 Å². The largest absolute Gasteiger partial charge is 0.453 e. The lowest BCUT2D eigenvalue weighted by Crippen LogP contribution is -2.27. The zero-order valence-corrected chi connectivity index (χ0v) is 5.57. The number of rotatable bonds is 2. The number of hydrogen-bond donors (Lipinski definition) is 1. The average Bonchev–Trinajstić information content (AvgIpc) is 1.83. The quantitative estimate of drug-likeness (QED) is 0.570. The van der Waals surface area contributed by atoms with Gasteiger partial charge in [0, 0.05) is 0 Å². The molecule has 0 fully saturated rings. The van der Waals surface area contributed by atoms with Gasteiger partial charge in [-0.15, -0.1) is 0 Å². The van der Waals surface area contributed by atoms with Crippen LogP contribution < -0.4 is 5.32 Å². The fraction of sp³-hybridized carbons (Fsp3) is 0.500. The molecule has 9 heavy (non-hydrogen) atoms. The lowest BCUT2D eigenvalue weighted by atomic mass is 10.7. The highest BCUT2D eigenvalue weighted by atomic mass is 35.5. The summed E-state index contributed by atoms with van der Waals surface area (Å²) < 4.78 is 4.14. The molecule has 0 spiro atoms. The zero-order valence-electron chi connectivity index (χ0n) is 4.81. The maximum Gasteiger partial charge on any atom is 0.407 e. The number of amides is 1. The summed E-state index contributed by atoms with van der Waals surface area (Å²) in [4.78, 5) is 20.1. The van der Waals surface area contributed by atoms with E-state index in [-0.39, 0.29) is 6.54 Å². The molecular weight excluding hydrogens is 146 g/mol. The van der Waals surface area contributed by atoms with Crippen molar-refractivity contribution >= 4 is 22.9 Å². The molecule has 0 saturated heterocycles. The number of nitrogens with one attached hydrogen (secondary N) is 1. The molecule has 0 aromatic rings. The van der Waals surface area contributed by atoms with Gasteiger partial charge in [0.25, 0.3) is 0 Å². The predicted molar refractivity (Wildman–Crippen MR) is 31.3 cm³/mol. The second-order valence-corrected chi connectivity index (χ2v) is 1.62. The van der Waals surface area contributed by atoms with Gasteiger partial charge in [-0.2, -0.15) is 0 Å². The van der Waals surface area contributed by atoms with Crippen molar-refractivity contribution in [2.24, 2.45) is 0 Å². The Hall–Kier alpha value is -0.770. The maximum absolute atomic E-state index is 10.2.